The lowest BCUT2D eigenvalue weighted by Gasteiger charge is -2.22. The average Bonchev–Trinajstić information content (AvgIpc) is 2.61. The number of nitrogens with one attached hydrogen (secondary N) is 1. The number of hydrogen-bond acceptors (Lipinski definition) is 2. The summed E-state index contributed by atoms with van der Waals surface area (Å²) in [7, 11) is 2.02. The molecule has 3 atom stereocenters. The highest BCUT2D eigenvalue weighted by Crippen LogP contribution is 2.24. The van der Waals surface area contributed by atoms with Crippen LogP contribution >= 0.6 is 0 Å². The van der Waals surface area contributed by atoms with Crippen LogP contribution in [0.2, 0.25) is 0 Å². The van der Waals surface area contributed by atoms with E-state index < -0.39 is 0 Å². The molecule has 0 radical (unpaired) electrons. The SMILES string of the molecule is CC1CCCC(NC(C)c2ccnn2C)CC1. The summed E-state index contributed by atoms with van der Waals surface area (Å²) >= 11 is 0. The maximum atomic E-state index is 4.24. The van der Waals surface area contributed by atoms with Gasteiger partial charge in [0.05, 0.1) is 5.69 Å². The van der Waals surface area contributed by atoms with E-state index in [1.54, 1.807) is 0 Å². The third-order valence-corrected chi connectivity index (χ3v) is 4.05. The Balaban J connectivity index is 1.90. The van der Waals surface area contributed by atoms with Gasteiger partial charge in [-0.15, -0.1) is 0 Å². The molecule has 2 rings (SSSR count). The lowest BCUT2D eigenvalue weighted by atomic mass is 10.0. The Labute approximate surface area is 105 Å². The zero-order chi connectivity index (χ0) is 12.3. The predicted molar refractivity (Wildman–Crippen MR) is 70.8 cm³/mol. The van der Waals surface area contributed by atoms with E-state index in [2.05, 4.69) is 30.3 Å². The van der Waals surface area contributed by atoms with Crippen molar-refractivity contribution >= 4 is 0 Å². The summed E-state index contributed by atoms with van der Waals surface area (Å²) in [6.45, 7) is 4.62. The molecule has 0 aromatic carbocycles. The first kappa shape index (κ1) is 12.6. The first-order chi connectivity index (χ1) is 8.16. The first-order valence-electron chi connectivity index (χ1n) is 6.90. The van der Waals surface area contributed by atoms with Crippen LogP contribution in [0.5, 0.6) is 0 Å². The lowest BCUT2D eigenvalue weighted by Crippen LogP contribution is -2.32. The second-order valence-electron chi connectivity index (χ2n) is 5.58. The largest absolute Gasteiger partial charge is 0.306 e. The van der Waals surface area contributed by atoms with Gasteiger partial charge < -0.3 is 5.32 Å². The normalized spacial score (nSPS) is 27.7. The fraction of sp³-hybridized carbons (Fsp3) is 0.786. The molecule has 1 saturated carbocycles. The number of aromatic nitrogens is 2. The van der Waals surface area contributed by atoms with Crippen molar-refractivity contribution in [3.63, 3.8) is 0 Å². The Morgan fingerprint density at radius 3 is 2.88 bits per heavy atom. The highest BCUT2D eigenvalue weighted by molar-refractivity contribution is 5.05. The Hall–Kier alpha value is -0.830. The molecule has 3 nitrogen and oxygen atoms in total. The Kier molecular flexibility index (Phi) is 4.21. The van der Waals surface area contributed by atoms with Gasteiger partial charge in [-0.1, -0.05) is 19.8 Å². The highest BCUT2D eigenvalue weighted by atomic mass is 15.3. The Bertz CT molecular complexity index is 345. The van der Waals surface area contributed by atoms with Crippen molar-refractivity contribution in [1.82, 2.24) is 15.1 Å². The van der Waals surface area contributed by atoms with Crippen LogP contribution in [0.4, 0.5) is 0 Å². The minimum atomic E-state index is 0.404. The molecule has 0 aliphatic heterocycles. The van der Waals surface area contributed by atoms with Gasteiger partial charge >= 0.3 is 0 Å². The summed E-state index contributed by atoms with van der Waals surface area (Å²) < 4.78 is 1.97. The molecule has 1 aliphatic rings. The highest BCUT2D eigenvalue weighted by Gasteiger charge is 2.19. The van der Waals surface area contributed by atoms with E-state index in [0.29, 0.717) is 12.1 Å². The Morgan fingerprint density at radius 1 is 1.35 bits per heavy atom. The summed E-state index contributed by atoms with van der Waals surface area (Å²) in [6.07, 6.45) is 8.67. The third kappa shape index (κ3) is 3.32. The number of nitrogens with zero attached hydrogens (tertiary/aromatic N) is 2. The molecule has 1 N–H and O–H groups in total. The number of aryl methyl sites for hydroxylation is 1. The molecule has 1 aliphatic carbocycles. The van der Waals surface area contributed by atoms with Crippen molar-refractivity contribution in [3.05, 3.63) is 18.0 Å². The van der Waals surface area contributed by atoms with E-state index in [9.17, 15) is 0 Å². The molecule has 0 amide bonds. The molecule has 3 heteroatoms. The minimum Gasteiger partial charge on any atom is -0.306 e. The van der Waals surface area contributed by atoms with E-state index in [0.717, 1.165) is 5.92 Å². The standard InChI is InChI=1S/C14H25N3/c1-11-5-4-6-13(8-7-11)16-12(2)14-9-10-15-17(14)3/h9-13,16H,4-8H2,1-3H3. The minimum absolute atomic E-state index is 0.404. The van der Waals surface area contributed by atoms with Gasteiger partial charge in [-0.2, -0.15) is 5.10 Å². The van der Waals surface area contributed by atoms with Crippen molar-refractivity contribution in [2.45, 2.75) is 58.0 Å². The smallest absolute Gasteiger partial charge is 0.0547 e. The maximum Gasteiger partial charge on any atom is 0.0547 e. The van der Waals surface area contributed by atoms with Gasteiger partial charge in [0, 0.05) is 25.3 Å². The Morgan fingerprint density at radius 2 is 2.18 bits per heavy atom. The lowest BCUT2D eigenvalue weighted by molar-refractivity contribution is 0.397. The van der Waals surface area contributed by atoms with Crippen LogP contribution in [0, 0.1) is 5.92 Å². The average molecular weight is 235 g/mol. The van der Waals surface area contributed by atoms with Gasteiger partial charge in [-0.25, -0.2) is 0 Å². The van der Waals surface area contributed by atoms with Crippen LogP contribution in [-0.2, 0) is 7.05 Å². The molecule has 0 spiro atoms. The monoisotopic (exact) mass is 235 g/mol. The van der Waals surface area contributed by atoms with Gasteiger partial charge in [0.25, 0.3) is 0 Å². The molecule has 1 aromatic rings. The second kappa shape index (κ2) is 5.67. The molecule has 96 valence electrons. The van der Waals surface area contributed by atoms with E-state index >= 15 is 0 Å². The molecule has 0 saturated heterocycles. The zero-order valence-electron chi connectivity index (χ0n) is 11.3. The van der Waals surface area contributed by atoms with Crippen molar-refractivity contribution < 1.29 is 0 Å². The van der Waals surface area contributed by atoms with Crippen LogP contribution in [0.1, 0.15) is 57.7 Å². The summed E-state index contributed by atoms with van der Waals surface area (Å²) in [5, 5.41) is 8.00. The van der Waals surface area contributed by atoms with Gasteiger partial charge in [0.15, 0.2) is 0 Å². The van der Waals surface area contributed by atoms with Gasteiger partial charge in [-0.05, 0) is 38.2 Å². The van der Waals surface area contributed by atoms with E-state index in [1.807, 2.05) is 17.9 Å². The van der Waals surface area contributed by atoms with E-state index in [-0.39, 0.29) is 0 Å². The molecular formula is C14H25N3. The molecule has 0 bridgehead atoms. The molecule has 1 heterocycles. The molecule has 17 heavy (non-hydrogen) atoms. The van der Waals surface area contributed by atoms with Gasteiger partial charge in [-0.3, -0.25) is 4.68 Å². The molecule has 3 unspecified atom stereocenters. The molecule has 1 aromatic heterocycles. The fourth-order valence-electron chi connectivity index (χ4n) is 2.90. The van der Waals surface area contributed by atoms with Crippen LogP contribution in [0.15, 0.2) is 12.3 Å². The van der Waals surface area contributed by atoms with Crippen molar-refractivity contribution in [3.8, 4) is 0 Å². The van der Waals surface area contributed by atoms with Crippen molar-refractivity contribution in [2.24, 2.45) is 13.0 Å². The van der Waals surface area contributed by atoms with Crippen LogP contribution in [0.25, 0.3) is 0 Å². The predicted octanol–water partition coefficient (Wildman–Crippen LogP) is 3.04. The maximum absolute atomic E-state index is 4.24. The number of hydrogen-bond donors (Lipinski definition) is 1. The van der Waals surface area contributed by atoms with E-state index in [1.165, 1.54) is 37.8 Å². The summed E-state index contributed by atoms with van der Waals surface area (Å²) in [6, 6.07) is 3.20. The molecular weight excluding hydrogens is 210 g/mol. The van der Waals surface area contributed by atoms with Crippen LogP contribution in [-0.4, -0.2) is 15.8 Å². The van der Waals surface area contributed by atoms with Crippen molar-refractivity contribution in [1.29, 1.82) is 0 Å². The van der Waals surface area contributed by atoms with Gasteiger partial charge in [0.1, 0.15) is 0 Å². The summed E-state index contributed by atoms with van der Waals surface area (Å²) in [4.78, 5) is 0. The fourth-order valence-corrected chi connectivity index (χ4v) is 2.90. The second-order valence-corrected chi connectivity index (χ2v) is 5.58. The third-order valence-electron chi connectivity index (χ3n) is 4.05. The van der Waals surface area contributed by atoms with Crippen LogP contribution in [0.3, 0.4) is 0 Å². The zero-order valence-corrected chi connectivity index (χ0v) is 11.3. The summed E-state index contributed by atoms with van der Waals surface area (Å²) in [5.74, 6) is 0.911. The van der Waals surface area contributed by atoms with Crippen molar-refractivity contribution in [2.75, 3.05) is 0 Å². The number of rotatable bonds is 3. The first-order valence-corrected chi connectivity index (χ1v) is 6.90. The van der Waals surface area contributed by atoms with Crippen LogP contribution < -0.4 is 5.32 Å². The topological polar surface area (TPSA) is 29.9 Å². The van der Waals surface area contributed by atoms with E-state index in [4.69, 9.17) is 0 Å². The van der Waals surface area contributed by atoms with Gasteiger partial charge in [0.2, 0.25) is 0 Å². The molecule has 1 fully saturated rings. The summed E-state index contributed by atoms with van der Waals surface area (Å²) in [5.41, 5.74) is 1.28. The quantitative estimate of drug-likeness (QED) is 0.816.